The lowest BCUT2D eigenvalue weighted by Gasteiger charge is -2.25. The number of pyridine rings is 1. The van der Waals surface area contributed by atoms with Crippen LogP contribution >= 0.6 is 11.6 Å². The lowest BCUT2D eigenvalue weighted by Crippen LogP contribution is -2.38. The summed E-state index contributed by atoms with van der Waals surface area (Å²) in [5, 5.41) is 12.2. The van der Waals surface area contributed by atoms with E-state index in [0.717, 1.165) is 27.8 Å². The summed E-state index contributed by atoms with van der Waals surface area (Å²) < 4.78 is 0. The molecule has 0 saturated heterocycles. The Balaban J connectivity index is 1.50. The number of nitrogens with zero attached hydrogens (tertiary/aromatic N) is 4. The van der Waals surface area contributed by atoms with Crippen LogP contribution in [0.4, 0.5) is 21.9 Å². The molecule has 0 radical (unpaired) electrons. The second-order valence-corrected chi connectivity index (χ2v) is 8.92. The Labute approximate surface area is 219 Å². The van der Waals surface area contributed by atoms with E-state index in [9.17, 15) is 9.90 Å². The number of amides is 2. The van der Waals surface area contributed by atoms with Gasteiger partial charge in [-0.2, -0.15) is 0 Å². The Morgan fingerprint density at radius 1 is 0.892 bits per heavy atom. The van der Waals surface area contributed by atoms with Gasteiger partial charge in [-0.1, -0.05) is 48.0 Å². The molecule has 2 N–H and O–H groups in total. The summed E-state index contributed by atoms with van der Waals surface area (Å²) in [4.78, 5) is 28.0. The molecule has 0 aliphatic rings. The van der Waals surface area contributed by atoms with Crippen molar-refractivity contribution < 1.29 is 9.90 Å². The fraction of sp³-hybridized carbons (Fsp3) is 0.0690. The highest BCUT2D eigenvalue weighted by Gasteiger charge is 2.20. The van der Waals surface area contributed by atoms with E-state index in [1.807, 2.05) is 60.7 Å². The zero-order valence-corrected chi connectivity index (χ0v) is 21.0. The monoisotopic (exact) mass is 509 g/mol. The molecule has 0 saturated carbocycles. The number of hydrogen-bond donors (Lipinski definition) is 2. The predicted octanol–water partition coefficient (Wildman–Crippen LogP) is 6.78. The number of carbonyl (C=O) groups excluding carboxylic acids is 1. The van der Waals surface area contributed by atoms with Crippen LogP contribution in [0.1, 0.15) is 11.1 Å². The van der Waals surface area contributed by atoms with E-state index in [1.165, 1.54) is 0 Å². The number of fused-ring (bicyclic) bond motifs is 1. The minimum absolute atomic E-state index is 0.0148. The van der Waals surface area contributed by atoms with Crippen molar-refractivity contribution in [3.8, 4) is 5.88 Å². The average Bonchev–Trinajstić information content (AvgIpc) is 3.26. The first-order valence-electron chi connectivity index (χ1n) is 11.6. The smallest absolute Gasteiger partial charge is 0.328 e. The number of benzene rings is 3. The Morgan fingerprint density at radius 2 is 1.54 bits per heavy atom. The molecule has 5 rings (SSSR count). The molecule has 0 bridgehead atoms. The van der Waals surface area contributed by atoms with Crippen molar-refractivity contribution in [3.63, 3.8) is 0 Å². The van der Waals surface area contributed by atoms with Crippen molar-refractivity contribution in [3.05, 3.63) is 113 Å². The van der Waals surface area contributed by atoms with Crippen molar-refractivity contribution in [2.75, 3.05) is 23.9 Å². The molecule has 0 unspecified atom stereocenters. The van der Waals surface area contributed by atoms with E-state index < -0.39 is 0 Å². The molecule has 0 spiro atoms. The van der Waals surface area contributed by atoms with Crippen LogP contribution in [-0.2, 0) is 0 Å². The van der Waals surface area contributed by atoms with Crippen LogP contribution < -0.4 is 9.80 Å². The van der Waals surface area contributed by atoms with Gasteiger partial charge in [-0.3, -0.25) is 14.8 Å². The normalized spacial score (nSPS) is 11.5. The molecule has 0 fully saturated rings. The number of anilines is 2. The summed E-state index contributed by atoms with van der Waals surface area (Å²) >= 11 is 6.16. The zero-order valence-electron chi connectivity index (χ0n) is 20.3. The van der Waals surface area contributed by atoms with Crippen molar-refractivity contribution >= 4 is 51.3 Å². The van der Waals surface area contributed by atoms with Crippen LogP contribution in [0, 0.1) is 0 Å². The molecular weight excluding hydrogens is 486 g/mol. The standard InChI is InChI=1S/C29H24ClN5O2/c1-34(29(37)35(2)23-14-16-31-17-15-23)22-11-9-21(10-12-22)32-27(19-6-4-3-5-7-19)26-24-13-8-20(30)18-25(24)33-28(26)36/h3-18,33,36H,1-2H3. The summed E-state index contributed by atoms with van der Waals surface area (Å²) in [7, 11) is 3.45. The van der Waals surface area contributed by atoms with Gasteiger partial charge in [0.15, 0.2) is 5.88 Å². The van der Waals surface area contributed by atoms with Gasteiger partial charge < -0.3 is 10.1 Å². The summed E-state index contributed by atoms with van der Waals surface area (Å²) in [5.74, 6) is 0.0148. The number of rotatable bonds is 5. The van der Waals surface area contributed by atoms with Gasteiger partial charge in [0, 0.05) is 53.8 Å². The maximum Gasteiger partial charge on any atom is 0.328 e. The third-order valence-corrected chi connectivity index (χ3v) is 6.36. The molecule has 2 heterocycles. The fourth-order valence-electron chi connectivity index (χ4n) is 4.15. The third-order valence-electron chi connectivity index (χ3n) is 6.13. The molecule has 5 aromatic rings. The Bertz CT molecular complexity index is 1580. The van der Waals surface area contributed by atoms with Gasteiger partial charge >= 0.3 is 6.03 Å². The number of nitrogens with one attached hydrogen (secondary N) is 1. The Kier molecular flexibility index (Phi) is 6.62. The van der Waals surface area contributed by atoms with E-state index in [0.29, 0.717) is 22.0 Å². The van der Waals surface area contributed by atoms with Gasteiger partial charge in [0.2, 0.25) is 0 Å². The highest BCUT2D eigenvalue weighted by atomic mass is 35.5. The van der Waals surface area contributed by atoms with E-state index >= 15 is 0 Å². The lowest BCUT2D eigenvalue weighted by molar-refractivity contribution is 0.253. The van der Waals surface area contributed by atoms with E-state index in [4.69, 9.17) is 16.6 Å². The highest BCUT2D eigenvalue weighted by Crippen LogP contribution is 2.33. The SMILES string of the molecule is CN(C(=O)N(C)c1ccc(N=C(c2ccccc2)c2c(O)[nH]c3cc(Cl)ccc23)cc1)c1ccncc1. The second-order valence-electron chi connectivity index (χ2n) is 8.49. The van der Waals surface area contributed by atoms with Crippen LogP contribution in [0.2, 0.25) is 5.02 Å². The molecule has 0 aliphatic heterocycles. The molecule has 3 aromatic carbocycles. The Morgan fingerprint density at radius 3 is 2.22 bits per heavy atom. The molecule has 184 valence electrons. The van der Waals surface area contributed by atoms with Crippen LogP contribution in [-0.4, -0.2) is 40.9 Å². The molecule has 7 nitrogen and oxygen atoms in total. The van der Waals surface area contributed by atoms with Crippen LogP contribution in [0.25, 0.3) is 10.9 Å². The quantitative estimate of drug-likeness (QED) is 0.256. The first-order valence-corrected chi connectivity index (χ1v) is 12.0. The Hall–Kier alpha value is -4.62. The molecule has 2 amide bonds. The fourth-order valence-corrected chi connectivity index (χ4v) is 4.32. The number of carbonyl (C=O) groups is 1. The number of aromatic nitrogens is 2. The van der Waals surface area contributed by atoms with E-state index in [-0.39, 0.29) is 11.9 Å². The van der Waals surface area contributed by atoms with E-state index in [2.05, 4.69) is 9.97 Å². The second kappa shape index (κ2) is 10.2. The molecular formula is C29H24ClN5O2. The number of H-pyrrole nitrogens is 1. The molecule has 8 heteroatoms. The van der Waals surface area contributed by atoms with Gasteiger partial charge in [-0.05, 0) is 48.5 Å². The summed E-state index contributed by atoms with van der Waals surface area (Å²) in [5.41, 5.74) is 4.92. The van der Waals surface area contributed by atoms with Crippen LogP contribution in [0.15, 0.2) is 102 Å². The van der Waals surface area contributed by atoms with Crippen molar-refractivity contribution in [1.82, 2.24) is 9.97 Å². The molecule has 0 aliphatic carbocycles. The van der Waals surface area contributed by atoms with Crippen molar-refractivity contribution in [2.24, 2.45) is 4.99 Å². The number of aromatic amines is 1. The molecule has 0 atom stereocenters. The first-order chi connectivity index (χ1) is 17.9. The summed E-state index contributed by atoms with van der Waals surface area (Å²) in [6, 6.07) is 25.9. The average molecular weight is 510 g/mol. The van der Waals surface area contributed by atoms with Crippen molar-refractivity contribution in [2.45, 2.75) is 0 Å². The van der Waals surface area contributed by atoms with Gasteiger partial charge in [0.25, 0.3) is 0 Å². The van der Waals surface area contributed by atoms with Gasteiger partial charge in [-0.15, -0.1) is 0 Å². The van der Waals surface area contributed by atoms with Crippen LogP contribution in [0.3, 0.4) is 0 Å². The maximum absolute atomic E-state index is 13.0. The first kappa shape index (κ1) is 24.1. The molecule has 37 heavy (non-hydrogen) atoms. The van der Waals surface area contributed by atoms with Crippen molar-refractivity contribution in [1.29, 1.82) is 0 Å². The number of aromatic hydroxyl groups is 1. The van der Waals surface area contributed by atoms with Gasteiger partial charge in [-0.25, -0.2) is 9.79 Å². The predicted molar refractivity (Wildman–Crippen MR) is 150 cm³/mol. The number of hydrogen-bond acceptors (Lipinski definition) is 4. The maximum atomic E-state index is 13.0. The number of aliphatic imine (C=N–C) groups is 1. The third kappa shape index (κ3) is 4.90. The number of urea groups is 1. The van der Waals surface area contributed by atoms with E-state index in [1.54, 1.807) is 60.6 Å². The topological polar surface area (TPSA) is 84.8 Å². The summed E-state index contributed by atoms with van der Waals surface area (Å²) in [6.07, 6.45) is 3.30. The minimum Gasteiger partial charge on any atom is -0.494 e. The minimum atomic E-state index is -0.185. The lowest BCUT2D eigenvalue weighted by atomic mass is 10.0. The largest absolute Gasteiger partial charge is 0.494 e. The summed E-state index contributed by atoms with van der Waals surface area (Å²) in [6.45, 7) is 0. The van der Waals surface area contributed by atoms with Gasteiger partial charge in [0.1, 0.15) is 0 Å². The number of halogens is 1. The van der Waals surface area contributed by atoms with Crippen LogP contribution in [0.5, 0.6) is 5.88 Å². The zero-order chi connectivity index (χ0) is 25.9. The molecule has 2 aromatic heterocycles. The highest BCUT2D eigenvalue weighted by molar-refractivity contribution is 6.31. The van der Waals surface area contributed by atoms with Gasteiger partial charge in [0.05, 0.1) is 22.5 Å².